The van der Waals surface area contributed by atoms with Crippen molar-refractivity contribution in [2.75, 3.05) is 6.54 Å². The molecule has 1 aliphatic carbocycles. The molecule has 98 valence electrons. The third kappa shape index (κ3) is 3.33. The van der Waals surface area contributed by atoms with Gasteiger partial charge in [0.05, 0.1) is 6.04 Å². The van der Waals surface area contributed by atoms with Crippen LogP contribution in [-0.4, -0.2) is 18.5 Å². The molecule has 1 saturated carbocycles. The van der Waals surface area contributed by atoms with E-state index in [1.54, 1.807) is 0 Å². The molecular formula is C15H22N2O. The lowest BCUT2D eigenvalue weighted by Crippen LogP contribution is -2.47. The highest BCUT2D eigenvalue weighted by molar-refractivity contribution is 5.81. The van der Waals surface area contributed by atoms with E-state index >= 15 is 0 Å². The molecule has 3 nitrogen and oxygen atoms in total. The van der Waals surface area contributed by atoms with Crippen LogP contribution in [0.25, 0.3) is 0 Å². The van der Waals surface area contributed by atoms with Crippen LogP contribution in [0, 0.1) is 5.41 Å². The Labute approximate surface area is 109 Å². The van der Waals surface area contributed by atoms with Gasteiger partial charge < -0.3 is 11.1 Å². The van der Waals surface area contributed by atoms with Gasteiger partial charge in [-0.1, -0.05) is 43.7 Å². The van der Waals surface area contributed by atoms with Gasteiger partial charge in [-0.05, 0) is 30.2 Å². The molecule has 0 unspecified atom stereocenters. The van der Waals surface area contributed by atoms with Crippen LogP contribution in [0.4, 0.5) is 0 Å². The first-order valence-electron chi connectivity index (χ1n) is 6.66. The van der Waals surface area contributed by atoms with Crippen LogP contribution < -0.4 is 11.1 Å². The van der Waals surface area contributed by atoms with E-state index in [0.29, 0.717) is 11.8 Å². The van der Waals surface area contributed by atoms with Gasteiger partial charge in [0.15, 0.2) is 0 Å². The van der Waals surface area contributed by atoms with Crippen molar-refractivity contribution in [2.45, 2.75) is 38.6 Å². The third-order valence-corrected chi connectivity index (χ3v) is 3.89. The summed E-state index contributed by atoms with van der Waals surface area (Å²) in [5.74, 6) is -0.0352. The monoisotopic (exact) mass is 246 g/mol. The number of carbonyl (C=O) groups excluding carboxylic acids is 1. The van der Waals surface area contributed by atoms with Crippen LogP contribution in [-0.2, 0) is 11.2 Å². The van der Waals surface area contributed by atoms with Gasteiger partial charge in [-0.15, -0.1) is 0 Å². The van der Waals surface area contributed by atoms with Gasteiger partial charge in [-0.3, -0.25) is 4.79 Å². The molecule has 0 aromatic heterocycles. The molecule has 1 amide bonds. The van der Waals surface area contributed by atoms with Crippen molar-refractivity contribution in [2.24, 2.45) is 11.1 Å². The Kier molecular flexibility index (Phi) is 4.02. The van der Waals surface area contributed by atoms with Crippen molar-refractivity contribution in [3.8, 4) is 0 Å². The Balaban J connectivity index is 1.78. The van der Waals surface area contributed by atoms with Crippen LogP contribution >= 0.6 is 0 Å². The minimum Gasteiger partial charge on any atom is -0.354 e. The first kappa shape index (κ1) is 13.1. The van der Waals surface area contributed by atoms with Gasteiger partial charge in [0.2, 0.25) is 5.91 Å². The zero-order valence-corrected chi connectivity index (χ0v) is 11.0. The summed E-state index contributed by atoms with van der Waals surface area (Å²) < 4.78 is 0. The van der Waals surface area contributed by atoms with Crippen molar-refractivity contribution in [3.63, 3.8) is 0 Å². The largest absolute Gasteiger partial charge is 0.354 e. The molecule has 3 heteroatoms. The van der Waals surface area contributed by atoms with Gasteiger partial charge in [-0.2, -0.15) is 0 Å². The van der Waals surface area contributed by atoms with Gasteiger partial charge in [-0.25, -0.2) is 0 Å². The Bertz CT molecular complexity index is 398. The van der Waals surface area contributed by atoms with Gasteiger partial charge in [0, 0.05) is 6.54 Å². The fourth-order valence-electron chi connectivity index (χ4n) is 2.35. The molecule has 3 N–H and O–H groups in total. The van der Waals surface area contributed by atoms with Crippen molar-refractivity contribution in [1.29, 1.82) is 0 Å². The summed E-state index contributed by atoms with van der Waals surface area (Å²) in [4.78, 5) is 11.9. The predicted molar refractivity (Wildman–Crippen MR) is 73.1 cm³/mol. The number of nitrogens with one attached hydrogen (secondary N) is 1. The number of benzene rings is 1. The molecule has 1 aromatic carbocycles. The quantitative estimate of drug-likeness (QED) is 0.833. The second-order valence-corrected chi connectivity index (χ2v) is 5.68. The maximum absolute atomic E-state index is 11.9. The number of nitrogens with two attached hydrogens (primary N) is 1. The van der Waals surface area contributed by atoms with E-state index in [0.717, 1.165) is 12.1 Å². The molecule has 0 bridgehead atoms. The number of hydrogen-bond donors (Lipinski definition) is 2. The van der Waals surface area contributed by atoms with E-state index in [1.165, 1.54) is 19.3 Å². The van der Waals surface area contributed by atoms with Gasteiger partial charge >= 0.3 is 0 Å². The molecule has 0 saturated heterocycles. The topological polar surface area (TPSA) is 55.1 Å². The van der Waals surface area contributed by atoms with E-state index in [4.69, 9.17) is 5.73 Å². The van der Waals surface area contributed by atoms with Crippen LogP contribution in [0.3, 0.4) is 0 Å². The molecule has 2 rings (SSSR count). The second kappa shape index (κ2) is 5.53. The maximum atomic E-state index is 11.9. The zero-order valence-electron chi connectivity index (χ0n) is 11.0. The maximum Gasteiger partial charge on any atom is 0.237 e. The molecular weight excluding hydrogens is 224 g/mol. The summed E-state index contributed by atoms with van der Waals surface area (Å²) in [7, 11) is 0. The summed E-state index contributed by atoms with van der Waals surface area (Å²) in [5.41, 5.74) is 7.34. The lowest BCUT2D eigenvalue weighted by Gasteiger charge is -2.38. The molecule has 1 aromatic rings. The summed E-state index contributed by atoms with van der Waals surface area (Å²) in [6.45, 7) is 2.98. The number of amides is 1. The molecule has 0 radical (unpaired) electrons. The molecule has 1 atom stereocenters. The molecule has 1 fully saturated rings. The van der Waals surface area contributed by atoms with Crippen LogP contribution in [0.1, 0.15) is 31.7 Å². The molecule has 1 aliphatic rings. The Morgan fingerprint density at radius 3 is 2.61 bits per heavy atom. The van der Waals surface area contributed by atoms with E-state index < -0.39 is 6.04 Å². The smallest absolute Gasteiger partial charge is 0.237 e. The van der Waals surface area contributed by atoms with E-state index in [-0.39, 0.29) is 5.91 Å². The van der Waals surface area contributed by atoms with Crippen molar-refractivity contribution in [1.82, 2.24) is 5.32 Å². The first-order valence-corrected chi connectivity index (χ1v) is 6.66. The lowest BCUT2D eigenvalue weighted by molar-refractivity contribution is -0.123. The van der Waals surface area contributed by atoms with Crippen molar-refractivity contribution >= 4 is 5.91 Å². The van der Waals surface area contributed by atoms with Crippen molar-refractivity contribution in [3.05, 3.63) is 35.9 Å². The minimum absolute atomic E-state index is 0.0352. The summed E-state index contributed by atoms with van der Waals surface area (Å²) >= 11 is 0. The standard InChI is InChI=1S/C15H22N2O/c1-15(8-5-9-15)11-17-14(18)13(16)10-12-6-3-2-4-7-12/h2-4,6-7,13H,5,8-11,16H2,1H3,(H,17,18)/t13-/m0/s1. The Hall–Kier alpha value is -1.35. The SMILES string of the molecule is CC1(CNC(=O)[C@@H](N)Cc2ccccc2)CCC1. The number of rotatable bonds is 5. The van der Waals surface area contributed by atoms with Gasteiger partial charge in [0.25, 0.3) is 0 Å². The number of hydrogen-bond acceptors (Lipinski definition) is 2. The molecule has 0 heterocycles. The predicted octanol–water partition coefficient (Wildman–Crippen LogP) is 1.86. The van der Waals surface area contributed by atoms with E-state index in [1.807, 2.05) is 30.3 Å². The van der Waals surface area contributed by atoms with Crippen LogP contribution in [0.5, 0.6) is 0 Å². The Morgan fingerprint density at radius 2 is 2.06 bits per heavy atom. The highest BCUT2D eigenvalue weighted by atomic mass is 16.2. The molecule has 0 aliphatic heterocycles. The van der Waals surface area contributed by atoms with Gasteiger partial charge in [0.1, 0.15) is 0 Å². The third-order valence-electron chi connectivity index (χ3n) is 3.89. The summed E-state index contributed by atoms with van der Waals surface area (Å²) in [5, 5.41) is 2.98. The summed E-state index contributed by atoms with van der Waals surface area (Å²) in [6, 6.07) is 9.45. The molecule has 18 heavy (non-hydrogen) atoms. The van der Waals surface area contributed by atoms with Crippen LogP contribution in [0.15, 0.2) is 30.3 Å². The average Bonchev–Trinajstić information content (AvgIpc) is 2.34. The summed E-state index contributed by atoms with van der Waals surface area (Å²) in [6.07, 6.45) is 4.30. The van der Waals surface area contributed by atoms with Crippen LogP contribution in [0.2, 0.25) is 0 Å². The fourth-order valence-corrected chi connectivity index (χ4v) is 2.35. The normalized spacial score (nSPS) is 18.8. The Morgan fingerprint density at radius 1 is 1.39 bits per heavy atom. The fraction of sp³-hybridized carbons (Fsp3) is 0.533. The van der Waals surface area contributed by atoms with E-state index in [2.05, 4.69) is 12.2 Å². The zero-order chi connectivity index (χ0) is 13.0. The minimum atomic E-state index is -0.448. The first-order chi connectivity index (χ1) is 8.59. The molecule has 0 spiro atoms. The van der Waals surface area contributed by atoms with E-state index in [9.17, 15) is 4.79 Å². The second-order valence-electron chi connectivity index (χ2n) is 5.68. The highest BCUT2D eigenvalue weighted by Crippen LogP contribution is 2.39. The average molecular weight is 246 g/mol. The highest BCUT2D eigenvalue weighted by Gasteiger charge is 2.32. The van der Waals surface area contributed by atoms with Crippen molar-refractivity contribution < 1.29 is 4.79 Å². The number of carbonyl (C=O) groups is 1. The lowest BCUT2D eigenvalue weighted by atomic mass is 9.70.